The summed E-state index contributed by atoms with van der Waals surface area (Å²) in [4.78, 5) is 36.5. The minimum absolute atomic E-state index is 0.147. The van der Waals surface area contributed by atoms with Gasteiger partial charge in [-0.3, -0.25) is 0 Å². The number of hydrogen-bond donors (Lipinski definition) is 0. The molecule has 1 atom stereocenters. The van der Waals surface area contributed by atoms with Gasteiger partial charge in [0.1, 0.15) is 11.5 Å². The highest BCUT2D eigenvalue weighted by Gasteiger charge is 2.25. The largest absolute Gasteiger partial charge is 0.462 e. The van der Waals surface area contributed by atoms with E-state index in [2.05, 4.69) is 50.1 Å². The molecule has 0 heterocycles. The maximum atomic E-state index is 12.3. The maximum Gasteiger partial charge on any atom is 0.338 e. The average molecular weight is 565 g/mol. The number of carbonyl (C=O) groups is 3. The van der Waals surface area contributed by atoms with Gasteiger partial charge in [0.15, 0.2) is 0 Å². The highest BCUT2D eigenvalue weighted by molar-refractivity contribution is 5.90. The summed E-state index contributed by atoms with van der Waals surface area (Å²) in [6.07, 6.45) is 1.89. The molecule has 6 heteroatoms. The van der Waals surface area contributed by atoms with E-state index in [1.165, 1.54) is 17.2 Å². The molecule has 0 saturated carbocycles. The third-order valence-electron chi connectivity index (χ3n) is 7.30. The zero-order chi connectivity index (χ0) is 30.7. The van der Waals surface area contributed by atoms with E-state index in [1.807, 2.05) is 13.8 Å². The first-order valence-corrected chi connectivity index (χ1v) is 13.8. The summed E-state index contributed by atoms with van der Waals surface area (Å²) in [5.41, 5.74) is 9.22. The Morgan fingerprint density at radius 3 is 1.76 bits per heavy atom. The zero-order valence-corrected chi connectivity index (χ0v) is 24.9. The van der Waals surface area contributed by atoms with Crippen LogP contribution in [0.4, 0.5) is 0 Å². The predicted octanol–water partition coefficient (Wildman–Crippen LogP) is 7.75. The molecule has 1 aliphatic carbocycles. The minimum atomic E-state index is -0.572. The Bertz CT molecular complexity index is 1590. The Morgan fingerprint density at radius 1 is 0.714 bits per heavy atom. The van der Waals surface area contributed by atoms with Gasteiger partial charge in [0.05, 0.1) is 6.61 Å². The van der Waals surface area contributed by atoms with Gasteiger partial charge >= 0.3 is 17.9 Å². The van der Waals surface area contributed by atoms with Crippen molar-refractivity contribution in [3.63, 3.8) is 0 Å². The molecule has 0 radical (unpaired) electrons. The first-order chi connectivity index (χ1) is 19.8. The summed E-state index contributed by atoms with van der Waals surface area (Å²) in [5, 5.41) is 0. The van der Waals surface area contributed by atoms with E-state index in [4.69, 9.17) is 14.2 Å². The molecule has 0 spiro atoms. The second-order valence-corrected chi connectivity index (χ2v) is 11.0. The van der Waals surface area contributed by atoms with Crippen molar-refractivity contribution in [3.8, 4) is 33.8 Å². The van der Waals surface area contributed by atoms with E-state index in [0.29, 0.717) is 12.2 Å². The van der Waals surface area contributed by atoms with E-state index >= 15 is 0 Å². The number of aryl methyl sites for hydroxylation is 3. The standard InChI is InChI=1S/C36H36O6/c1-20(2)34(37)40-19-27-12-10-25-9-11-26(17-33(25)27)31-13-24(8)32(14-23(31)7)28-15-29(41-35(38)21(3)4)18-30(16-28)42-36(39)22(5)6/h9,11,13-18,27H,1,3,5,10,12,19H2,2,4,6-8H3. The molecule has 6 nitrogen and oxygen atoms in total. The summed E-state index contributed by atoms with van der Waals surface area (Å²) in [6, 6.07) is 15.7. The molecule has 3 aromatic rings. The van der Waals surface area contributed by atoms with Gasteiger partial charge in [0, 0.05) is 28.7 Å². The molecule has 0 aliphatic heterocycles. The third-order valence-corrected chi connectivity index (χ3v) is 7.30. The molecule has 4 rings (SSSR count). The van der Waals surface area contributed by atoms with Gasteiger partial charge in [-0.15, -0.1) is 0 Å². The first-order valence-electron chi connectivity index (χ1n) is 13.8. The fraction of sp³-hybridized carbons (Fsp3) is 0.250. The van der Waals surface area contributed by atoms with Gasteiger partial charge in [0.2, 0.25) is 0 Å². The van der Waals surface area contributed by atoms with Crippen molar-refractivity contribution in [2.24, 2.45) is 0 Å². The minimum Gasteiger partial charge on any atom is -0.462 e. The normalized spacial score (nSPS) is 13.6. The van der Waals surface area contributed by atoms with Crippen molar-refractivity contribution in [2.75, 3.05) is 6.61 Å². The molecule has 1 unspecified atom stereocenters. The Hall–Kier alpha value is -4.71. The second-order valence-electron chi connectivity index (χ2n) is 11.0. The van der Waals surface area contributed by atoms with Gasteiger partial charge < -0.3 is 14.2 Å². The van der Waals surface area contributed by atoms with Crippen molar-refractivity contribution in [3.05, 3.63) is 107 Å². The number of fused-ring (bicyclic) bond motifs is 1. The summed E-state index contributed by atoms with van der Waals surface area (Å²) in [7, 11) is 0. The Kier molecular flexibility index (Phi) is 8.96. The SMILES string of the molecule is C=C(C)C(=O)OCC1CCc2ccc(-c3cc(C)c(-c4cc(OC(=O)C(=C)C)cc(OC(=O)C(=C)C)c4)cc3C)cc21. The Balaban J connectivity index is 1.70. The van der Waals surface area contributed by atoms with Crippen LogP contribution in [0.1, 0.15) is 55.4 Å². The Labute approximate surface area is 247 Å². The van der Waals surface area contributed by atoms with Crippen LogP contribution in [0.3, 0.4) is 0 Å². The van der Waals surface area contributed by atoms with Crippen LogP contribution in [0.25, 0.3) is 22.3 Å². The van der Waals surface area contributed by atoms with Gasteiger partial charge in [-0.2, -0.15) is 0 Å². The lowest BCUT2D eigenvalue weighted by atomic mass is 9.90. The lowest BCUT2D eigenvalue weighted by molar-refractivity contribution is -0.139. The highest BCUT2D eigenvalue weighted by Crippen LogP contribution is 2.39. The van der Waals surface area contributed by atoms with Gasteiger partial charge in [-0.05, 0) is 104 Å². The number of rotatable bonds is 9. The molecule has 1 aliphatic rings. The second kappa shape index (κ2) is 12.4. The van der Waals surface area contributed by atoms with E-state index < -0.39 is 11.9 Å². The van der Waals surface area contributed by atoms with Crippen LogP contribution in [-0.4, -0.2) is 24.5 Å². The molecule has 0 fully saturated rings. The Morgan fingerprint density at radius 2 is 1.24 bits per heavy atom. The molecule has 0 amide bonds. The van der Waals surface area contributed by atoms with Crippen LogP contribution in [0, 0.1) is 13.8 Å². The van der Waals surface area contributed by atoms with Crippen LogP contribution in [0.2, 0.25) is 0 Å². The van der Waals surface area contributed by atoms with E-state index in [9.17, 15) is 14.4 Å². The molecule has 216 valence electrons. The van der Waals surface area contributed by atoms with Crippen LogP contribution in [0.5, 0.6) is 11.5 Å². The zero-order valence-electron chi connectivity index (χ0n) is 24.9. The fourth-order valence-electron chi connectivity index (χ4n) is 5.00. The van der Waals surface area contributed by atoms with Gasteiger partial charge in [-0.1, -0.05) is 50.1 Å². The smallest absolute Gasteiger partial charge is 0.338 e. The van der Waals surface area contributed by atoms with Crippen molar-refractivity contribution in [2.45, 2.75) is 53.4 Å². The molecule has 0 bridgehead atoms. The maximum absolute atomic E-state index is 12.3. The highest BCUT2D eigenvalue weighted by atomic mass is 16.5. The number of ether oxygens (including phenoxy) is 3. The third kappa shape index (κ3) is 6.77. The molecule has 0 N–H and O–H groups in total. The molecule has 0 aromatic heterocycles. The number of hydrogen-bond acceptors (Lipinski definition) is 6. The van der Waals surface area contributed by atoms with Crippen LogP contribution in [-0.2, 0) is 25.5 Å². The van der Waals surface area contributed by atoms with Crippen molar-refractivity contribution in [1.82, 2.24) is 0 Å². The van der Waals surface area contributed by atoms with Crippen molar-refractivity contribution < 1.29 is 28.6 Å². The summed E-state index contributed by atoms with van der Waals surface area (Å²) in [6.45, 7) is 20.1. The molecule has 42 heavy (non-hydrogen) atoms. The van der Waals surface area contributed by atoms with E-state index in [0.717, 1.165) is 46.2 Å². The monoisotopic (exact) mass is 564 g/mol. The lowest BCUT2D eigenvalue weighted by Gasteiger charge is -2.17. The van der Waals surface area contributed by atoms with Crippen LogP contribution < -0.4 is 9.47 Å². The van der Waals surface area contributed by atoms with Crippen LogP contribution in [0.15, 0.2) is 85.0 Å². The van der Waals surface area contributed by atoms with Crippen molar-refractivity contribution >= 4 is 17.9 Å². The topological polar surface area (TPSA) is 78.9 Å². The summed E-state index contributed by atoms with van der Waals surface area (Å²) in [5.74, 6) is -0.883. The number of esters is 3. The molecule has 3 aromatic carbocycles. The molecular weight excluding hydrogens is 528 g/mol. The predicted molar refractivity (Wildman–Crippen MR) is 165 cm³/mol. The van der Waals surface area contributed by atoms with Gasteiger partial charge in [-0.25, -0.2) is 14.4 Å². The van der Waals surface area contributed by atoms with E-state index in [1.54, 1.807) is 32.9 Å². The summed E-state index contributed by atoms with van der Waals surface area (Å²) >= 11 is 0. The number of carbonyl (C=O) groups excluding carboxylic acids is 3. The average Bonchev–Trinajstić information content (AvgIpc) is 3.34. The van der Waals surface area contributed by atoms with Gasteiger partial charge in [0.25, 0.3) is 0 Å². The van der Waals surface area contributed by atoms with Crippen molar-refractivity contribution in [1.29, 1.82) is 0 Å². The lowest BCUT2D eigenvalue weighted by Crippen LogP contribution is -2.11. The van der Waals surface area contributed by atoms with Crippen LogP contribution >= 0.6 is 0 Å². The first kappa shape index (κ1) is 30.3. The number of benzene rings is 3. The quantitative estimate of drug-likeness (QED) is 0.150. The summed E-state index contributed by atoms with van der Waals surface area (Å²) < 4.78 is 16.5. The van der Waals surface area contributed by atoms with E-state index in [-0.39, 0.29) is 34.5 Å². The fourth-order valence-corrected chi connectivity index (χ4v) is 5.00. The molecule has 0 saturated heterocycles. The molecular formula is C36H36O6.